The van der Waals surface area contributed by atoms with Crippen LogP contribution >= 0.6 is 0 Å². The Kier molecular flexibility index (Phi) is 5.29. The molecular formula is C25H20FNO4. The fourth-order valence-corrected chi connectivity index (χ4v) is 3.70. The Balaban J connectivity index is 1.94. The molecule has 4 rings (SSSR count). The average Bonchev–Trinajstić information content (AvgIpc) is 3.05. The second kappa shape index (κ2) is 8.07. The lowest BCUT2D eigenvalue weighted by atomic mass is 9.94. The van der Waals surface area contributed by atoms with Crippen LogP contribution in [-0.4, -0.2) is 23.9 Å². The molecule has 1 amide bonds. The first-order valence-electron chi connectivity index (χ1n) is 9.69. The summed E-state index contributed by atoms with van der Waals surface area (Å²) in [5, 5.41) is 11.0. The number of anilines is 1. The average molecular weight is 417 g/mol. The summed E-state index contributed by atoms with van der Waals surface area (Å²) in [5.41, 5.74) is 1.69. The molecule has 1 fully saturated rings. The number of carbonyl (C=O) groups excluding carboxylic acids is 2. The monoisotopic (exact) mass is 417 g/mol. The Morgan fingerprint density at radius 3 is 2.23 bits per heavy atom. The number of hydrogen-bond donors (Lipinski definition) is 1. The SMILES string of the molecule is COc1ccc(/C(O)=C2/C(=O)C(=O)N(c3ccc(C)cc3)C2c2ccccc2F)cc1. The zero-order valence-electron chi connectivity index (χ0n) is 17.0. The minimum absolute atomic E-state index is 0.123. The molecule has 6 heteroatoms. The highest BCUT2D eigenvalue weighted by Crippen LogP contribution is 2.43. The molecule has 1 atom stereocenters. The molecule has 1 unspecified atom stereocenters. The van der Waals surface area contributed by atoms with Gasteiger partial charge < -0.3 is 9.84 Å². The van der Waals surface area contributed by atoms with E-state index in [9.17, 15) is 19.1 Å². The normalized spacial score (nSPS) is 17.8. The van der Waals surface area contributed by atoms with E-state index < -0.39 is 23.5 Å². The van der Waals surface area contributed by atoms with Gasteiger partial charge in [-0.15, -0.1) is 0 Å². The number of nitrogens with zero attached hydrogens (tertiary/aromatic N) is 1. The number of aryl methyl sites for hydroxylation is 1. The molecule has 3 aromatic carbocycles. The second-order valence-corrected chi connectivity index (χ2v) is 7.25. The molecule has 156 valence electrons. The van der Waals surface area contributed by atoms with E-state index in [-0.39, 0.29) is 16.9 Å². The van der Waals surface area contributed by atoms with Crippen molar-refractivity contribution < 1.29 is 23.8 Å². The minimum atomic E-state index is -1.11. The third kappa shape index (κ3) is 3.57. The van der Waals surface area contributed by atoms with E-state index in [0.717, 1.165) is 5.56 Å². The van der Waals surface area contributed by atoms with Crippen molar-refractivity contribution in [1.29, 1.82) is 0 Å². The Hall–Kier alpha value is -3.93. The number of halogens is 1. The minimum Gasteiger partial charge on any atom is -0.507 e. The van der Waals surface area contributed by atoms with Gasteiger partial charge in [-0.05, 0) is 49.4 Å². The van der Waals surface area contributed by atoms with Gasteiger partial charge in [-0.25, -0.2) is 4.39 Å². The van der Waals surface area contributed by atoms with Crippen molar-refractivity contribution in [2.24, 2.45) is 0 Å². The second-order valence-electron chi connectivity index (χ2n) is 7.25. The van der Waals surface area contributed by atoms with Crippen molar-refractivity contribution in [3.63, 3.8) is 0 Å². The van der Waals surface area contributed by atoms with Crippen molar-refractivity contribution in [2.75, 3.05) is 12.0 Å². The lowest BCUT2D eigenvalue weighted by Crippen LogP contribution is -2.29. The molecule has 0 saturated carbocycles. The maximum absolute atomic E-state index is 14.8. The third-order valence-corrected chi connectivity index (χ3v) is 5.32. The zero-order chi connectivity index (χ0) is 22.1. The number of carbonyl (C=O) groups is 2. The molecule has 0 bridgehead atoms. The molecule has 0 spiro atoms. The molecule has 0 aliphatic carbocycles. The smallest absolute Gasteiger partial charge is 0.300 e. The van der Waals surface area contributed by atoms with Gasteiger partial charge in [0.2, 0.25) is 0 Å². The van der Waals surface area contributed by atoms with Gasteiger partial charge >= 0.3 is 0 Å². The highest BCUT2D eigenvalue weighted by atomic mass is 19.1. The fraction of sp³-hybridized carbons (Fsp3) is 0.120. The topological polar surface area (TPSA) is 66.8 Å². The standard InChI is InChI=1S/C25H20FNO4/c1-15-7-11-17(12-8-15)27-22(19-5-3-4-6-20(19)26)21(24(29)25(27)30)23(28)16-9-13-18(31-2)14-10-16/h3-14,22,28H,1-2H3/b23-21-. The van der Waals surface area contributed by atoms with Crippen LogP contribution in [0.3, 0.4) is 0 Å². The summed E-state index contributed by atoms with van der Waals surface area (Å²) in [4.78, 5) is 27.3. The van der Waals surface area contributed by atoms with E-state index in [2.05, 4.69) is 0 Å². The number of rotatable bonds is 4. The van der Waals surface area contributed by atoms with Crippen LogP contribution in [0.25, 0.3) is 5.76 Å². The number of aliphatic hydroxyl groups excluding tert-OH is 1. The molecular weight excluding hydrogens is 397 g/mol. The summed E-state index contributed by atoms with van der Waals surface area (Å²) in [6, 6.07) is 18.2. The number of Topliss-reactive ketones (excluding diaryl/α,β-unsaturated/α-hetero) is 1. The highest BCUT2D eigenvalue weighted by molar-refractivity contribution is 6.51. The van der Waals surface area contributed by atoms with Crippen LogP contribution in [-0.2, 0) is 9.59 Å². The molecule has 1 heterocycles. The first-order valence-corrected chi connectivity index (χ1v) is 9.69. The Morgan fingerprint density at radius 1 is 0.968 bits per heavy atom. The van der Waals surface area contributed by atoms with Crippen molar-refractivity contribution in [3.8, 4) is 5.75 Å². The number of ketones is 1. The highest BCUT2D eigenvalue weighted by Gasteiger charge is 2.47. The largest absolute Gasteiger partial charge is 0.507 e. The molecule has 31 heavy (non-hydrogen) atoms. The van der Waals surface area contributed by atoms with Gasteiger partial charge in [0.05, 0.1) is 18.7 Å². The summed E-state index contributed by atoms with van der Waals surface area (Å²) in [5.74, 6) is -2.08. The van der Waals surface area contributed by atoms with Gasteiger partial charge in [0.15, 0.2) is 0 Å². The molecule has 1 saturated heterocycles. The number of ether oxygens (including phenoxy) is 1. The van der Waals surface area contributed by atoms with Crippen LogP contribution in [0.4, 0.5) is 10.1 Å². The Labute approximate surface area is 179 Å². The first kappa shape index (κ1) is 20.3. The summed E-state index contributed by atoms with van der Waals surface area (Å²) in [7, 11) is 1.51. The van der Waals surface area contributed by atoms with E-state index in [1.54, 1.807) is 54.6 Å². The van der Waals surface area contributed by atoms with Gasteiger partial charge in [-0.2, -0.15) is 0 Å². The molecule has 0 aromatic heterocycles. The van der Waals surface area contributed by atoms with E-state index >= 15 is 0 Å². The van der Waals surface area contributed by atoms with E-state index in [1.165, 1.54) is 30.2 Å². The Morgan fingerprint density at radius 2 is 1.61 bits per heavy atom. The molecule has 1 aliphatic rings. The number of amides is 1. The quantitative estimate of drug-likeness (QED) is 0.377. The summed E-state index contributed by atoms with van der Waals surface area (Å²) >= 11 is 0. The van der Waals surface area contributed by atoms with Crippen molar-refractivity contribution in [1.82, 2.24) is 0 Å². The van der Waals surface area contributed by atoms with Crippen LogP contribution < -0.4 is 9.64 Å². The van der Waals surface area contributed by atoms with Gasteiger partial charge in [0.1, 0.15) is 17.3 Å². The molecule has 0 radical (unpaired) electrons. The van der Waals surface area contributed by atoms with E-state index in [1.807, 2.05) is 6.92 Å². The van der Waals surface area contributed by atoms with Crippen molar-refractivity contribution >= 4 is 23.1 Å². The number of benzene rings is 3. The summed E-state index contributed by atoms with van der Waals surface area (Å²) in [6.45, 7) is 1.90. The zero-order valence-corrected chi connectivity index (χ0v) is 17.0. The van der Waals surface area contributed by atoms with Gasteiger partial charge in [0.25, 0.3) is 11.7 Å². The summed E-state index contributed by atoms with van der Waals surface area (Å²) in [6.07, 6.45) is 0. The lowest BCUT2D eigenvalue weighted by molar-refractivity contribution is -0.132. The first-order chi connectivity index (χ1) is 14.9. The van der Waals surface area contributed by atoms with Crippen LogP contribution in [0, 0.1) is 12.7 Å². The van der Waals surface area contributed by atoms with Gasteiger partial charge in [-0.3, -0.25) is 14.5 Å². The van der Waals surface area contributed by atoms with E-state index in [4.69, 9.17) is 4.74 Å². The van der Waals surface area contributed by atoms with Crippen LogP contribution in [0.5, 0.6) is 5.75 Å². The molecule has 1 aliphatic heterocycles. The number of methoxy groups -OCH3 is 1. The fourth-order valence-electron chi connectivity index (χ4n) is 3.70. The predicted molar refractivity (Wildman–Crippen MR) is 115 cm³/mol. The van der Waals surface area contributed by atoms with Gasteiger partial charge in [0, 0.05) is 16.8 Å². The summed E-state index contributed by atoms with van der Waals surface area (Å²) < 4.78 is 19.9. The number of aliphatic hydroxyl groups is 1. The van der Waals surface area contributed by atoms with Crippen LogP contribution in [0.2, 0.25) is 0 Å². The van der Waals surface area contributed by atoms with Crippen molar-refractivity contribution in [3.05, 3.63) is 101 Å². The Bertz CT molecular complexity index is 1180. The third-order valence-electron chi connectivity index (χ3n) is 5.32. The maximum atomic E-state index is 14.8. The molecule has 5 nitrogen and oxygen atoms in total. The number of hydrogen-bond acceptors (Lipinski definition) is 4. The lowest BCUT2D eigenvalue weighted by Gasteiger charge is -2.25. The van der Waals surface area contributed by atoms with Gasteiger partial charge in [-0.1, -0.05) is 35.9 Å². The van der Waals surface area contributed by atoms with Crippen LogP contribution in [0.15, 0.2) is 78.4 Å². The van der Waals surface area contributed by atoms with Crippen molar-refractivity contribution in [2.45, 2.75) is 13.0 Å². The molecule has 3 aromatic rings. The predicted octanol–water partition coefficient (Wildman–Crippen LogP) is 4.77. The van der Waals surface area contributed by atoms with E-state index in [0.29, 0.717) is 17.0 Å². The van der Waals surface area contributed by atoms with Crippen LogP contribution in [0.1, 0.15) is 22.7 Å². The molecule has 1 N–H and O–H groups in total. The maximum Gasteiger partial charge on any atom is 0.300 e.